The van der Waals surface area contributed by atoms with Gasteiger partial charge < -0.3 is 14.7 Å². The number of anilines is 1. The van der Waals surface area contributed by atoms with E-state index in [1.807, 2.05) is 37.5 Å². The van der Waals surface area contributed by atoms with Crippen LogP contribution in [0.4, 0.5) is 11.4 Å². The molecular weight excluding hydrogens is 428 g/mol. The Morgan fingerprint density at radius 2 is 1.90 bits per heavy atom. The Hall–Kier alpha value is -2.37. The van der Waals surface area contributed by atoms with Gasteiger partial charge in [-0.2, -0.15) is 0 Å². The lowest BCUT2D eigenvalue weighted by Gasteiger charge is -2.45. The molecule has 5 rings (SSSR count). The molecule has 29 heavy (non-hydrogen) atoms. The van der Waals surface area contributed by atoms with Crippen LogP contribution in [0.1, 0.15) is 30.5 Å². The maximum absolute atomic E-state index is 9.97. The smallest absolute Gasteiger partial charge is 0.228 e. The molecule has 4 nitrogen and oxygen atoms in total. The average Bonchev–Trinajstić information content (AvgIpc) is 2.91. The lowest BCUT2D eigenvalue weighted by molar-refractivity contribution is 0.0810. The number of aliphatic imine (C=N–C) groups is 1. The number of ether oxygens (including phenoxy) is 1. The Bertz CT molecular complexity index is 1170. The van der Waals surface area contributed by atoms with E-state index >= 15 is 0 Å². The average molecular weight is 451 g/mol. The Balaban J connectivity index is 1.75. The standard InChI is InChI=1S/C24H23BrN2O2/c1-23(2)20-16(13-28)8-6-10-19(20)27(3)24(23)14-26-21-18-9-5-4-7-15(18)11-17(12-25)22(21)29-24/h4-11,14,28H,12-13H2,1-3H3. The van der Waals surface area contributed by atoms with Crippen LogP contribution in [-0.4, -0.2) is 24.1 Å². The number of hydrogen-bond acceptors (Lipinski definition) is 4. The SMILES string of the molecule is CN1c2cccc(CO)c2C(C)(C)C12C=Nc1c(c(CBr)cc3ccccc13)O2. The molecule has 0 radical (unpaired) electrons. The quantitative estimate of drug-likeness (QED) is 0.528. The molecule has 3 aromatic carbocycles. The Labute approximate surface area is 179 Å². The van der Waals surface area contributed by atoms with Crippen LogP contribution >= 0.6 is 15.9 Å². The van der Waals surface area contributed by atoms with Crippen molar-refractivity contribution in [3.05, 3.63) is 65.2 Å². The fraction of sp³-hybridized carbons (Fsp3) is 0.292. The zero-order valence-electron chi connectivity index (χ0n) is 16.7. The number of aliphatic hydroxyl groups excluding tert-OH is 1. The summed E-state index contributed by atoms with van der Waals surface area (Å²) >= 11 is 3.64. The topological polar surface area (TPSA) is 45.1 Å². The molecule has 0 aliphatic carbocycles. The van der Waals surface area contributed by atoms with Gasteiger partial charge in [-0.05, 0) is 42.5 Å². The highest BCUT2D eigenvalue weighted by molar-refractivity contribution is 9.08. The van der Waals surface area contributed by atoms with Gasteiger partial charge in [0, 0.05) is 29.0 Å². The van der Waals surface area contributed by atoms with Gasteiger partial charge in [-0.15, -0.1) is 0 Å². The van der Waals surface area contributed by atoms with Crippen molar-refractivity contribution >= 4 is 44.3 Å². The summed E-state index contributed by atoms with van der Waals surface area (Å²) in [5.74, 6) is 0.821. The van der Waals surface area contributed by atoms with Crippen molar-refractivity contribution < 1.29 is 9.84 Å². The zero-order chi connectivity index (χ0) is 20.4. The highest BCUT2D eigenvalue weighted by Crippen LogP contribution is 2.56. The fourth-order valence-corrected chi connectivity index (χ4v) is 5.40. The molecule has 1 spiro atoms. The monoisotopic (exact) mass is 450 g/mol. The molecular formula is C24H23BrN2O2. The van der Waals surface area contributed by atoms with Gasteiger partial charge in [-0.1, -0.05) is 52.3 Å². The summed E-state index contributed by atoms with van der Waals surface area (Å²) in [6.45, 7) is 4.34. The van der Waals surface area contributed by atoms with Crippen LogP contribution in [0, 0.1) is 0 Å². The molecule has 0 saturated carbocycles. The van der Waals surface area contributed by atoms with Gasteiger partial charge >= 0.3 is 0 Å². The molecule has 2 aliphatic rings. The summed E-state index contributed by atoms with van der Waals surface area (Å²) < 4.78 is 6.89. The van der Waals surface area contributed by atoms with Crippen molar-refractivity contribution in [3.63, 3.8) is 0 Å². The van der Waals surface area contributed by atoms with Crippen molar-refractivity contribution in [1.29, 1.82) is 0 Å². The van der Waals surface area contributed by atoms with E-state index in [9.17, 15) is 5.11 Å². The number of halogens is 1. The lowest BCUT2D eigenvalue weighted by atomic mass is 9.75. The van der Waals surface area contributed by atoms with Crippen LogP contribution in [-0.2, 0) is 17.4 Å². The van der Waals surface area contributed by atoms with Crippen LogP contribution in [0.15, 0.2) is 53.5 Å². The number of hydrogen-bond donors (Lipinski definition) is 1. The molecule has 1 unspecified atom stereocenters. The second-order valence-corrected chi connectivity index (χ2v) is 8.84. The van der Waals surface area contributed by atoms with Crippen molar-refractivity contribution in [2.24, 2.45) is 4.99 Å². The van der Waals surface area contributed by atoms with E-state index in [2.05, 4.69) is 58.9 Å². The first-order valence-corrected chi connectivity index (χ1v) is 10.9. The maximum atomic E-state index is 9.97. The van der Waals surface area contributed by atoms with E-state index in [1.54, 1.807) is 0 Å². The predicted octanol–water partition coefficient (Wildman–Crippen LogP) is 5.45. The number of alkyl halides is 1. The van der Waals surface area contributed by atoms with Crippen LogP contribution < -0.4 is 9.64 Å². The first-order chi connectivity index (χ1) is 13.9. The van der Waals surface area contributed by atoms with Crippen molar-refractivity contribution in [2.75, 3.05) is 11.9 Å². The first-order valence-electron chi connectivity index (χ1n) is 9.76. The molecule has 0 amide bonds. The highest BCUT2D eigenvalue weighted by Gasteiger charge is 2.59. The van der Waals surface area contributed by atoms with E-state index in [0.717, 1.165) is 44.6 Å². The minimum Gasteiger partial charge on any atom is -0.459 e. The Morgan fingerprint density at radius 3 is 2.66 bits per heavy atom. The summed E-state index contributed by atoms with van der Waals surface area (Å²) in [4.78, 5) is 7.13. The van der Waals surface area contributed by atoms with Gasteiger partial charge in [-0.3, -0.25) is 4.99 Å². The summed E-state index contributed by atoms with van der Waals surface area (Å²) in [6.07, 6.45) is 1.95. The van der Waals surface area contributed by atoms with Crippen LogP contribution in [0.5, 0.6) is 5.75 Å². The molecule has 2 heterocycles. The minimum atomic E-state index is -0.771. The third kappa shape index (κ3) is 2.31. The fourth-order valence-electron chi connectivity index (χ4n) is 4.98. The largest absolute Gasteiger partial charge is 0.459 e. The second kappa shape index (κ2) is 6.31. The summed E-state index contributed by atoms with van der Waals surface area (Å²) in [7, 11) is 2.04. The highest BCUT2D eigenvalue weighted by atomic mass is 79.9. The summed E-state index contributed by atoms with van der Waals surface area (Å²) in [6, 6.07) is 16.5. The molecule has 0 saturated heterocycles. The van der Waals surface area contributed by atoms with Crippen molar-refractivity contribution in [3.8, 4) is 5.75 Å². The van der Waals surface area contributed by atoms with Gasteiger partial charge in [0.1, 0.15) is 5.69 Å². The number of nitrogens with zero attached hydrogens (tertiary/aromatic N) is 2. The molecule has 2 aliphatic heterocycles. The third-order valence-corrected chi connectivity index (χ3v) is 7.11. The molecule has 5 heteroatoms. The predicted molar refractivity (Wildman–Crippen MR) is 122 cm³/mol. The number of fused-ring (bicyclic) bond motifs is 4. The first kappa shape index (κ1) is 18.6. The molecule has 3 aromatic rings. The number of likely N-dealkylation sites (N-methyl/N-ethyl adjacent to an activating group) is 1. The number of benzene rings is 3. The van der Waals surface area contributed by atoms with Crippen LogP contribution in [0.2, 0.25) is 0 Å². The number of aliphatic hydroxyl groups is 1. The van der Waals surface area contributed by atoms with Crippen molar-refractivity contribution in [2.45, 2.75) is 36.9 Å². The van der Waals surface area contributed by atoms with Crippen LogP contribution in [0.25, 0.3) is 10.8 Å². The molecule has 0 aromatic heterocycles. The molecule has 1 N–H and O–H groups in total. The number of rotatable bonds is 2. The Kier molecular flexibility index (Phi) is 4.06. The third-order valence-electron chi connectivity index (χ3n) is 6.50. The van der Waals surface area contributed by atoms with E-state index in [1.165, 1.54) is 0 Å². The second-order valence-electron chi connectivity index (χ2n) is 8.28. The van der Waals surface area contributed by atoms with E-state index < -0.39 is 11.1 Å². The van der Waals surface area contributed by atoms with E-state index in [-0.39, 0.29) is 6.61 Å². The Morgan fingerprint density at radius 1 is 1.10 bits per heavy atom. The van der Waals surface area contributed by atoms with Gasteiger partial charge in [0.25, 0.3) is 0 Å². The van der Waals surface area contributed by atoms with Gasteiger partial charge in [0.05, 0.1) is 18.2 Å². The van der Waals surface area contributed by atoms with Gasteiger partial charge in [-0.25, -0.2) is 0 Å². The van der Waals surface area contributed by atoms with Crippen LogP contribution in [0.3, 0.4) is 0 Å². The lowest BCUT2D eigenvalue weighted by Crippen LogP contribution is -2.61. The summed E-state index contributed by atoms with van der Waals surface area (Å²) in [5, 5.41) is 12.9. The normalized spacial score (nSPS) is 21.3. The molecule has 148 valence electrons. The van der Waals surface area contributed by atoms with E-state index in [4.69, 9.17) is 9.73 Å². The zero-order valence-corrected chi connectivity index (χ0v) is 18.3. The maximum Gasteiger partial charge on any atom is 0.228 e. The minimum absolute atomic E-state index is 0.00153. The molecule has 0 bridgehead atoms. The van der Waals surface area contributed by atoms with Crippen molar-refractivity contribution in [1.82, 2.24) is 0 Å². The molecule has 0 fully saturated rings. The van der Waals surface area contributed by atoms with Gasteiger partial charge in [0.15, 0.2) is 5.75 Å². The molecule has 1 atom stereocenters. The van der Waals surface area contributed by atoms with Gasteiger partial charge in [0.2, 0.25) is 5.72 Å². The van der Waals surface area contributed by atoms with E-state index in [0.29, 0.717) is 5.33 Å². The summed E-state index contributed by atoms with van der Waals surface area (Å²) in [5.41, 5.74) is 3.89.